The lowest BCUT2D eigenvalue weighted by molar-refractivity contribution is -0.938. The number of fused-ring (bicyclic) bond motifs is 1. The molecule has 3 heterocycles. The molecule has 0 radical (unpaired) electrons. The molecule has 1 aromatic carbocycles. The van der Waals surface area contributed by atoms with E-state index < -0.39 is 24.0 Å². The zero-order valence-electron chi connectivity index (χ0n) is 17.8. The van der Waals surface area contributed by atoms with Gasteiger partial charge in [-0.1, -0.05) is 17.7 Å². The minimum Gasteiger partial charge on any atom is -0.392 e. The molecule has 3 unspecified atom stereocenters. The van der Waals surface area contributed by atoms with E-state index in [1.807, 2.05) is 6.07 Å². The smallest absolute Gasteiger partial charge is 0.153 e. The first-order chi connectivity index (χ1) is 14.1. The molecule has 6 N–H and O–H groups in total. The fourth-order valence-corrected chi connectivity index (χ4v) is 5.68. The Morgan fingerprint density at radius 3 is 2.80 bits per heavy atom. The average molecular weight is 442 g/mol. The Labute approximate surface area is 182 Å². The lowest BCUT2D eigenvalue weighted by Crippen LogP contribution is -2.71. The van der Waals surface area contributed by atoms with Crippen molar-refractivity contribution in [3.05, 3.63) is 34.3 Å². The third-order valence-corrected chi connectivity index (χ3v) is 7.49. The molecule has 168 valence electrons. The molecular formula is C21H34ClN4O4+. The first-order valence-electron chi connectivity index (χ1n) is 10.6. The fraction of sp³-hybridized carbons (Fsp3) is 0.714. The molecule has 0 amide bonds. The molecule has 30 heavy (non-hydrogen) atoms. The van der Waals surface area contributed by atoms with Crippen molar-refractivity contribution < 1.29 is 24.5 Å². The fourth-order valence-electron chi connectivity index (χ4n) is 5.49. The van der Waals surface area contributed by atoms with Gasteiger partial charge in [-0.25, -0.2) is 4.90 Å². The van der Waals surface area contributed by atoms with Gasteiger partial charge in [0.25, 0.3) is 0 Å². The SMILES string of the molecule is C[C@@]1(O)[C@@H](Cc2ccc(Cl)cc2CO)O[C@@H](N2CCC3C(N)NC[N+](C)(C)C32)[C@@H]1O. The van der Waals surface area contributed by atoms with Gasteiger partial charge in [-0.15, -0.1) is 0 Å². The predicted octanol–water partition coefficient (Wildman–Crippen LogP) is -0.218. The Kier molecular flexibility index (Phi) is 5.93. The van der Waals surface area contributed by atoms with Gasteiger partial charge in [0.2, 0.25) is 0 Å². The summed E-state index contributed by atoms with van der Waals surface area (Å²) in [6.45, 7) is 2.95. The lowest BCUT2D eigenvalue weighted by atomic mass is 9.89. The van der Waals surface area contributed by atoms with E-state index in [2.05, 4.69) is 24.3 Å². The lowest BCUT2D eigenvalue weighted by Gasteiger charge is -2.49. The van der Waals surface area contributed by atoms with E-state index in [9.17, 15) is 15.3 Å². The van der Waals surface area contributed by atoms with E-state index in [0.29, 0.717) is 21.5 Å². The first kappa shape index (κ1) is 22.4. The van der Waals surface area contributed by atoms with E-state index >= 15 is 0 Å². The zero-order chi connectivity index (χ0) is 21.8. The summed E-state index contributed by atoms with van der Waals surface area (Å²) in [6.07, 6.45) is -1.01. The van der Waals surface area contributed by atoms with Gasteiger partial charge in [0, 0.05) is 18.0 Å². The molecule has 4 rings (SSSR count). The summed E-state index contributed by atoms with van der Waals surface area (Å²) in [7, 11) is 4.29. The standard InChI is InChI=1S/C21H34ClN4O4/c1-21(29)16(9-12-4-5-14(22)8-13(12)10-27)30-20(17(21)28)25-7-6-15-18(23)24-11-26(2,3)19(15)25/h4-5,8,15-20,24,27-29H,6-7,9-11,23H2,1-3H3/q+1/t15?,16-,17+,18?,19?,20-,21-/m1/s1. The molecule has 9 heteroatoms. The number of hydrogen-bond acceptors (Lipinski definition) is 7. The molecule has 7 atom stereocenters. The largest absolute Gasteiger partial charge is 0.392 e. The molecule has 3 aliphatic heterocycles. The summed E-state index contributed by atoms with van der Waals surface area (Å²) in [6, 6.07) is 5.32. The van der Waals surface area contributed by atoms with Crippen molar-refractivity contribution in [3.8, 4) is 0 Å². The molecule has 0 spiro atoms. The maximum Gasteiger partial charge on any atom is 0.153 e. The van der Waals surface area contributed by atoms with Gasteiger partial charge in [0.15, 0.2) is 6.17 Å². The van der Waals surface area contributed by atoms with Crippen molar-refractivity contribution in [1.82, 2.24) is 10.2 Å². The minimum absolute atomic E-state index is 0.0952. The Hall–Kier alpha value is -0.810. The second-order valence-electron chi connectivity index (χ2n) is 9.73. The van der Waals surface area contributed by atoms with Crippen LogP contribution in [0.2, 0.25) is 5.02 Å². The highest BCUT2D eigenvalue weighted by atomic mass is 35.5. The van der Waals surface area contributed by atoms with Crippen LogP contribution in [0.25, 0.3) is 0 Å². The number of aliphatic hydroxyl groups excluding tert-OH is 2. The second-order valence-corrected chi connectivity index (χ2v) is 10.2. The van der Waals surface area contributed by atoms with Crippen LogP contribution in [0.4, 0.5) is 0 Å². The number of nitrogens with one attached hydrogen (secondary N) is 1. The highest BCUT2D eigenvalue weighted by Crippen LogP contribution is 2.42. The van der Waals surface area contributed by atoms with Crippen molar-refractivity contribution >= 4 is 11.6 Å². The Morgan fingerprint density at radius 2 is 2.10 bits per heavy atom. The Balaban J connectivity index is 1.58. The van der Waals surface area contributed by atoms with E-state index in [1.54, 1.807) is 19.1 Å². The maximum atomic E-state index is 11.2. The number of aliphatic hydroxyl groups is 3. The van der Waals surface area contributed by atoms with Gasteiger partial charge in [0.05, 0.1) is 38.9 Å². The summed E-state index contributed by atoms with van der Waals surface area (Å²) in [4.78, 5) is 2.18. The van der Waals surface area contributed by atoms with E-state index in [0.717, 1.165) is 25.2 Å². The number of nitrogens with two attached hydrogens (primary N) is 1. The summed E-state index contributed by atoms with van der Waals surface area (Å²) in [5, 5.41) is 35.9. The van der Waals surface area contributed by atoms with Crippen LogP contribution < -0.4 is 11.1 Å². The average Bonchev–Trinajstić information content (AvgIpc) is 3.23. The van der Waals surface area contributed by atoms with Crippen LogP contribution in [0.15, 0.2) is 18.2 Å². The van der Waals surface area contributed by atoms with Gasteiger partial charge >= 0.3 is 0 Å². The molecule has 8 nitrogen and oxygen atoms in total. The molecule has 3 aliphatic rings. The topological polar surface area (TPSA) is 111 Å². The zero-order valence-corrected chi connectivity index (χ0v) is 18.6. The normalized spacial score (nSPS) is 41.2. The van der Waals surface area contributed by atoms with Gasteiger partial charge in [-0.2, -0.15) is 0 Å². The van der Waals surface area contributed by atoms with Crippen LogP contribution in [0.3, 0.4) is 0 Å². The molecular weight excluding hydrogens is 408 g/mol. The number of rotatable bonds is 4. The highest BCUT2D eigenvalue weighted by Gasteiger charge is 2.60. The van der Waals surface area contributed by atoms with Crippen LogP contribution in [0.1, 0.15) is 24.5 Å². The number of hydrogen-bond donors (Lipinski definition) is 5. The number of benzene rings is 1. The van der Waals surface area contributed by atoms with Gasteiger partial charge in [-0.05, 0) is 36.6 Å². The molecule has 0 aliphatic carbocycles. The molecule has 0 aromatic heterocycles. The highest BCUT2D eigenvalue weighted by molar-refractivity contribution is 6.30. The Bertz CT molecular complexity index is 792. The maximum absolute atomic E-state index is 11.2. The predicted molar refractivity (Wildman–Crippen MR) is 113 cm³/mol. The summed E-state index contributed by atoms with van der Waals surface area (Å²) in [5.41, 5.74) is 6.44. The molecule has 0 saturated carbocycles. The van der Waals surface area contributed by atoms with Crippen molar-refractivity contribution in [3.63, 3.8) is 0 Å². The second kappa shape index (κ2) is 7.95. The minimum atomic E-state index is -1.43. The van der Waals surface area contributed by atoms with Crippen LogP contribution in [-0.2, 0) is 17.8 Å². The number of quaternary nitrogens is 1. The van der Waals surface area contributed by atoms with Crippen LogP contribution >= 0.6 is 11.6 Å². The van der Waals surface area contributed by atoms with Crippen molar-refractivity contribution in [2.75, 3.05) is 27.3 Å². The summed E-state index contributed by atoms with van der Waals surface area (Å²) in [5.74, 6) is 0.241. The van der Waals surface area contributed by atoms with E-state index in [1.165, 1.54) is 0 Å². The third kappa shape index (κ3) is 3.68. The summed E-state index contributed by atoms with van der Waals surface area (Å²) >= 11 is 6.05. The van der Waals surface area contributed by atoms with Gasteiger partial charge in [0.1, 0.15) is 24.6 Å². The first-order valence-corrected chi connectivity index (χ1v) is 11.0. The van der Waals surface area contributed by atoms with Crippen molar-refractivity contribution in [2.24, 2.45) is 11.7 Å². The molecule has 0 bridgehead atoms. The van der Waals surface area contributed by atoms with Crippen molar-refractivity contribution in [1.29, 1.82) is 0 Å². The Morgan fingerprint density at radius 1 is 1.37 bits per heavy atom. The number of likely N-dealkylation sites (tertiary alicyclic amines) is 1. The third-order valence-electron chi connectivity index (χ3n) is 7.25. The quantitative estimate of drug-likeness (QED) is 0.411. The molecule has 3 fully saturated rings. The molecule has 3 saturated heterocycles. The number of nitrogens with zero attached hydrogens (tertiary/aromatic N) is 2. The number of halogens is 1. The van der Waals surface area contributed by atoms with Crippen LogP contribution in [0.5, 0.6) is 0 Å². The van der Waals surface area contributed by atoms with Crippen molar-refractivity contribution in [2.45, 2.75) is 62.7 Å². The van der Waals surface area contributed by atoms with Gasteiger partial charge in [-0.3, -0.25) is 5.32 Å². The van der Waals surface area contributed by atoms with Gasteiger partial charge < -0.3 is 30.3 Å². The monoisotopic (exact) mass is 441 g/mol. The number of ether oxygens (including phenoxy) is 1. The van der Waals surface area contributed by atoms with Crippen LogP contribution in [0, 0.1) is 5.92 Å². The van der Waals surface area contributed by atoms with E-state index in [4.69, 9.17) is 22.1 Å². The van der Waals surface area contributed by atoms with Crippen LogP contribution in [-0.4, -0.2) is 88.4 Å². The molecule has 1 aromatic rings. The van der Waals surface area contributed by atoms with E-state index in [-0.39, 0.29) is 24.9 Å². The summed E-state index contributed by atoms with van der Waals surface area (Å²) < 4.78 is 7.02.